The Morgan fingerprint density at radius 2 is 2.25 bits per heavy atom. The molecule has 8 heteroatoms. The predicted octanol–water partition coefficient (Wildman–Crippen LogP) is 0.909. The number of rotatable bonds is 4. The SMILES string of the molecule is Cn1cc(CNS(=O)(=O)c2ccc(F)c(C#N)c2)cn1. The van der Waals surface area contributed by atoms with Gasteiger partial charge in [-0.15, -0.1) is 0 Å². The minimum atomic E-state index is -3.80. The van der Waals surface area contributed by atoms with E-state index in [1.165, 1.54) is 6.20 Å². The molecule has 2 rings (SSSR count). The Morgan fingerprint density at radius 3 is 2.85 bits per heavy atom. The number of aromatic nitrogens is 2. The van der Waals surface area contributed by atoms with E-state index < -0.39 is 15.8 Å². The van der Waals surface area contributed by atoms with Crippen LogP contribution in [-0.4, -0.2) is 18.2 Å². The van der Waals surface area contributed by atoms with Gasteiger partial charge in [-0.2, -0.15) is 10.4 Å². The van der Waals surface area contributed by atoms with Crippen molar-refractivity contribution in [1.82, 2.24) is 14.5 Å². The molecule has 0 spiro atoms. The molecular weight excluding hydrogens is 283 g/mol. The number of nitrogens with one attached hydrogen (secondary N) is 1. The van der Waals surface area contributed by atoms with Crippen LogP contribution in [0.25, 0.3) is 0 Å². The van der Waals surface area contributed by atoms with E-state index in [2.05, 4.69) is 9.82 Å². The van der Waals surface area contributed by atoms with Gasteiger partial charge in [-0.05, 0) is 18.2 Å². The van der Waals surface area contributed by atoms with Crippen molar-refractivity contribution in [2.24, 2.45) is 7.05 Å². The highest BCUT2D eigenvalue weighted by Gasteiger charge is 2.16. The van der Waals surface area contributed by atoms with Crippen LogP contribution in [-0.2, 0) is 23.6 Å². The second-order valence-electron chi connectivity index (χ2n) is 4.10. The van der Waals surface area contributed by atoms with Crippen molar-refractivity contribution >= 4 is 10.0 Å². The average Bonchev–Trinajstić information content (AvgIpc) is 2.83. The summed E-state index contributed by atoms with van der Waals surface area (Å²) in [5, 5.41) is 12.6. The molecule has 1 heterocycles. The normalized spacial score (nSPS) is 11.2. The molecule has 0 radical (unpaired) electrons. The Hall–Kier alpha value is -2.24. The van der Waals surface area contributed by atoms with Crippen LogP contribution in [0.3, 0.4) is 0 Å². The van der Waals surface area contributed by atoms with Gasteiger partial charge in [0, 0.05) is 25.4 Å². The third-order valence-electron chi connectivity index (χ3n) is 2.59. The van der Waals surface area contributed by atoms with Crippen molar-refractivity contribution < 1.29 is 12.8 Å². The van der Waals surface area contributed by atoms with Crippen molar-refractivity contribution in [3.05, 3.63) is 47.5 Å². The fraction of sp³-hybridized carbons (Fsp3) is 0.167. The summed E-state index contributed by atoms with van der Waals surface area (Å²) >= 11 is 0. The first kappa shape index (κ1) is 14.2. The summed E-state index contributed by atoms with van der Waals surface area (Å²) < 4.78 is 41.1. The van der Waals surface area contributed by atoms with Crippen molar-refractivity contribution in [2.45, 2.75) is 11.4 Å². The molecule has 6 nitrogen and oxygen atoms in total. The molecular formula is C12H11FN4O2S. The van der Waals surface area contributed by atoms with Gasteiger partial charge in [0.2, 0.25) is 10.0 Å². The van der Waals surface area contributed by atoms with Crippen LogP contribution in [0, 0.1) is 17.1 Å². The second-order valence-corrected chi connectivity index (χ2v) is 5.87. The Labute approximate surface area is 115 Å². The van der Waals surface area contributed by atoms with Gasteiger partial charge >= 0.3 is 0 Å². The van der Waals surface area contributed by atoms with Crippen LogP contribution in [0.5, 0.6) is 0 Å². The molecule has 0 unspecified atom stereocenters. The summed E-state index contributed by atoms with van der Waals surface area (Å²) in [6.45, 7) is 0.0649. The fourth-order valence-corrected chi connectivity index (χ4v) is 2.63. The largest absolute Gasteiger partial charge is 0.275 e. The fourth-order valence-electron chi connectivity index (χ4n) is 1.58. The van der Waals surface area contributed by atoms with Gasteiger partial charge in [0.05, 0.1) is 16.7 Å². The second kappa shape index (κ2) is 5.40. The van der Waals surface area contributed by atoms with Crippen LogP contribution in [0.4, 0.5) is 4.39 Å². The minimum absolute atomic E-state index is 0.0649. The summed E-state index contributed by atoms with van der Waals surface area (Å²) in [5.41, 5.74) is 0.382. The zero-order valence-corrected chi connectivity index (χ0v) is 11.4. The van der Waals surface area contributed by atoms with E-state index in [-0.39, 0.29) is 17.0 Å². The molecule has 0 aliphatic carbocycles. The molecule has 1 aromatic carbocycles. The zero-order valence-electron chi connectivity index (χ0n) is 10.5. The van der Waals surface area contributed by atoms with Crippen LogP contribution < -0.4 is 4.72 Å². The molecule has 0 aliphatic heterocycles. The van der Waals surface area contributed by atoms with Crippen molar-refractivity contribution in [2.75, 3.05) is 0 Å². The molecule has 0 atom stereocenters. The monoisotopic (exact) mass is 294 g/mol. The summed E-state index contributed by atoms with van der Waals surface area (Å²) in [6, 6.07) is 4.67. The lowest BCUT2D eigenvalue weighted by atomic mass is 10.2. The first-order valence-corrected chi connectivity index (χ1v) is 7.07. The lowest BCUT2D eigenvalue weighted by Gasteiger charge is -2.06. The Bertz CT molecular complexity index is 777. The number of benzene rings is 1. The van der Waals surface area contributed by atoms with E-state index in [0.29, 0.717) is 5.56 Å². The smallest absolute Gasteiger partial charge is 0.240 e. The number of hydrogen-bond acceptors (Lipinski definition) is 4. The van der Waals surface area contributed by atoms with Crippen LogP contribution in [0.2, 0.25) is 0 Å². The van der Waals surface area contributed by atoms with Crippen LogP contribution in [0.1, 0.15) is 11.1 Å². The Balaban J connectivity index is 2.20. The molecule has 104 valence electrons. The first-order chi connectivity index (χ1) is 9.42. The maximum atomic E-state index is 13.2. The first-order valence-electron chi connectivity index (χ1n) is 5.59. The number of nitrogens with zero attached hydrogens (tertiary/aromatic N) is 3. The van der Waals surface area contributed by atoms with E-state index in [4.69, 9.17) is 5.26 Å². The number of hydrogen-bond donors (Lipinski definition) is 1. The molecule has 0 aliphatic rings. The average molecular weight is 294 g/mol. The molecule has 1 aromatic heterocycles. The standard InChI is InChI=1S/C12H11FN4O2S/c1-17-8-9(6-15-17)7-16-20(18,19)11-2-3-12(13)10(4-11)5-14/h2-4,6,8,16H,7H2,1H3. The van der Waals surface area contributed by atoms with Crippen LogP contribution in [0.15, 0.2) is 35.5 Å². The predicted molar refractivity (Wildman–Crippen MR) is 68.3 cm³/mol. The summed E-state index contributed by atoms with van der Waals surface area (Å²) in [5.74, 6) is -0.751. The molecule has 0 amide bonds. The molecule has 0 saturated heterocycles. The van der Waals surface area contributed by atoms with Gasteiger partial charge in [-0.3, -0.25) is 4.68 Å². The molecule has 2 aromatic rings. The molecule has 0 fully saturated rings. The van der Waals surface area contributed by atoms with Gasteiger partial charge in [-0.1, -0.05) is 0 Å². The molecule has 0 saturated carbocycles. The van der Waals surface area contributed by atoms with Crippen molar-refractivity contribution in [3.8, 4) is 6.07 Å². The van der Waals surface area contributed by atoms with E-state index in [1.807, 2.05) is 0 Å². The minimum Gasteiger partial charge on any atom is -0.275 e. The number of halogens is 1. The van der Waals surface area contributed by atoms with Gasteiger partial charge < -0.3 is 0 Å². The van der Waals surface area contributed by atoms with Gasteiger partial charge in [-0.25, -0.2) is 17.5 Å². The Morgan fingerprint density at radius 1 is 1.50 bits per heavy atom. The van der Waals surface area contributed by atoms with Gasteiger partial charge in [0.15, 0.2) is 0 Å². The molecule has 1 N–H and O–H groups in total. The summed E-state index contributed by atoms with van der Waals surface area (Å²) in [4.78, 5) is -0.153. The number of sulfonamides is 1. The highest BCUT2D eigenvalue weighted by atomic mass is 32.2. The summed E-state index contributed by atoms with van der Waals surface area (Å²) in [6.07, 6.45) is 3.21. The third-order valence-corrected chi connectivity index (χ3v) is 3.99. The van der Waals surface area contributed by atoms with E-state index >= 15 is 0 Å². The highest BCUT2D eigenvalue weighted by molar-refractivity contribution is 7.89. The van der Waals surface area contributed by atoms with Crippen molar-refractivity contribution in [1.29, 1.82) is 5.26 Å². The molecule has 0 bridgehead atoms. The number of nitriles is 1. The topological polar surface area (TPSA) is 87.8 Å². The lowest BCUT2D eigenvalue weighted by molar-refractivity contribution is 0.580. The van der Waals surface area contributed by atoms with E-state index in [0.717, 1.165) is 18.2 Å². The van der Waals surface area contributed by atoms with E-state index in [1.54, 1.807) is 24.0 Å². The number of aryl methyl sites for hydroxylation is 1. The summed E-state index contributed by atoms with van der Waals surface area (Å²) in [7, 11) is -2.08. The maximum Gasteiger partial charge on any atom is 0.240 e. The zero-order chi connectivity index (χ0) is 14.8. The molecule has 20 heavy (non-hydrogen) atoms. The van der Waals surface area contributed by atoms with E-state index in [9.17, 15) is 12.8 Å². The van der Waals surface area contributed by atoms with Gasteiger partial charge in [0.1, 0.15) is 11.9 Å². The highest BCUT2D eigenvalue weighted by Crippen LogP contribution is 2.14. The quantitative estimate of drug-likeness (QED) is 0.908. The Kier molecular flexibility index (Phi) is 3.83. The van der Waals surface area contributed by atoms with Gasteiger partial charge in [0.25, 0.3) is 0 Å². The third kappa shape index (κ3) is 3.01. The van der Waals surface area contributed by atoms with Crippen molar-refractivity contribution in [3.63, 3.8) is 0 Å². The maximum absolute atomic E-state index is 13.2. The van der Waals surface area contributed by atoms with Crippen LogP contribution >= 0.6 is 0 Å². The lowest BCUT2D eigenvalue weighted by Crippen LogP contribution is -2.23.